The largest absolute Gasteiger partial charge is 0.350 e. The number of carbonyl (C=O) groups excluding carboxylic acids is 1. The van der Waals surface area contributed by atoms with Crippen molar-refractivity contribution >= 4 is 52.3 Å². The van der Waals surface area contributed by atoms with Crippen molar-refractivity contribution in [3.8, 4) is 5.69 Å². The maximum Gasteiger partial charge on any atom is 0.271 e. The summed E-state index contributed by atoms with van der Waals surface area (Å²) in [6.45, 7) is 0.370. The molecule has 2 aromatic heterocycles. The molecule has 1 N–H and O–H groups in total. The van der Waals surface area contributed by atoms with E-state index in [-0.39, 0.29) is 25.9 Å². The number of pyridine rings is 1. The fourth-order valence-electron chi connectivity index (χ4n) is 2.25. The first-order valence-corrected chi connectivity index (χ1v) is 9.05. The van der Waals surface area contributed by atoms with Gasteiger partial charge in [-0.3, -0.25) is 4.79 Å². The molecular weight excluding hydrogens is 418 g/mol. The third kappa shape index (κ3) is 4.13. The van der Waals surface area contributed by atoms with Crippen molar-refractivity contribution < 1.29 is 4.79 Å². The fourth-order valence-corrected chi connectivity index (χ4v) is 3.07. The van der Waals surface area contributed by atoms with Crippen molar-refractivity contribution in [2.75, 3.05) is 6.54 Å². The molecule has 26 heavy (non-hydrogen) atoms. The van der Waals surface area contributed by atoms with Gasteiger partial charge in [-0.15, -0.1) is 0 Å². The zero-order chi connectivity index (χ0) is 18.7. The summed E-state index contributed by atoms with van der Waals surface area (Å²) < 4.78 is 1.77. The number of rotatable bonds is 5. The normalized spacial score (nSPS) is 10.8. The average molecular weight is 430 g/mol. The van der Waals surface area contributed by atoms with Crippen molar-refractivity contribution in [2.24, 2.45) is 0 Å². The maximum atomic E-state index is 12.3. The van der Waals surface area contributed by atoms with Gasteiger partial charge in [0.15, 0.2) is 0 Å². The summed E-state index contributed by atoms with van der Waals surface area (Å²) in [5, 5.41) is 6.95. The van der Waals surface area contributed by atoms with Crippen LogP contribution < -0.4 is 5.32 Å². The molecule has 0 spiro atoms. The lowest BCUT2D eigenvalue weighted by Crippen LogP contribution is -2.27. The van der Waals surface area contributed by atoms with Crippen LogP contribution in [0.3, 0.4) is 0 Å². The molecule has 0 fully saturated rings. The van der Waals surface area contributed by atoms with Crippen LogP contribution in [0.4, 0.5) is 0 Å². The average Bonchev–Trinajstić information content (AvgIpc) is 3.12. The fraction of sp³-hybridized carbons (Fsp3) is 0.118. The minimum absolute atomic E-state index is 0.00243. The predicted octanol–water partition coefficient (Wildman–Crippen LogP) is 4.85. The van der Waals surface area contributed by atoms with Crippen LogP contribution in [0.5, 0.6) is 0 Å². The first-order valence-electron chi connectivity index (χ1n) is 7.54. The lowest BCUT2D eigenvalue weighted by Gasteiger charge is -2.08. The smallest absolute Gasteiger partial charge is 0.271 e. The van der Waals surface area contributed by atoms with Crippen LogP contribution in [-0.4, -0.2) is 27.2 Å². The second-order valence-electron chi connectivity index (χ2n) is 5.33. The molecule has 134 valence electrons. The Morgan fingerprint density at radius 1 is 1.04 bits per heavy atom. The molecule has 0 radical (unpaired) electrons. The van der Waals surface area contributed by atoms with E-state index in [9.17, 15) is 4.79 Å². The number of benzene rings is 1. The van der Waals surface area contributed by atoms with Gasteiger partial charge in [-0.1, -0.05) is 64.6 Å². The number of nitrogens with zero attached hydrogens (tertiary/aromatic N) is 3. The van der Waals surface area contributed by atoms with Crippen molar-refractivity contribution in [1.82, 2.24) is 20.1 Å². The molecule has 1 amide bonds. The highest BCUT2D eigenvalue weighted by Gasteiger charge is 2.20. The van der Waals surface area contributed by atoms with Crippen LogP contribution in [0, 0.1) is 0 Å². The second kappa shape index (κ2) is 8.27. The third-order valence-corrected chi connectivity index (χ3v) is 5.23. The van der Waals surface area contributed by atoms with Crippen LogP contribution in [0.15, 0.2) is 42.7 Å². The Morgan fingerprint density at radius 3 is 2.50 bits per heavy atom. The second-order valence-corrected chi connectivity index (χ2v) is 6.82. The monoisotopic (exact) mass is 428 g/mol. The molecule has 9 heteroatoms. The van der Waals surface area contributed by atoms with Gasteiger partial charge in [0.25, 0.3) is 5.91 Å². The minimum Gasteiger partial charge on any atom is -0.350 e. The summed E-state index contributed by atoms with van der Waals surface area (Å²) in [5.41, 5.74) is 1.87. The molecule has 3 rings (SSSR count). The Kier molecular flexibility index (Phi) is 6.04. The lowest BCUT2D eigenvalue weighted by molar-refractivity contribution is 0.0949. The molecule has 0 saturated heterocycles. The quantitative estimate of drug-likeness (QED) is 0.589. The number of hydrogen-bond donors (Lipinski definition) is 1. The molecule has 2 heterocycles. The summed E-state index contributed by atoms with van der Waals surface area (Å²) in [6, 6.07) is 9.74. The Hall–Kier alpha value is -1.79. The Bertz CT molecular complexity index is 943. The van der Waals surface area contributed by atoms with E-state index in [1.807, 2.05) is 36.5 Å². The van der Waals surface area contributed by atoms with E-state index in [0.29, 0.717) is 13.0 Å². The Morgan fingerprint density at radius 2 is 1.77 bits per heavy atom. The number of halogens is 4. The molecule has 1 aromatic carbocycles. The van der Waals surface area contributed by atoms with Gasteiger partial charge >= 0.3 is 0 Å². The predicted molar refractivity (Wildman–Crippen MR) is 104 cm³/mol. The zero-order valence-electron chi connectivity index (χ0n) is 13.2. The van der Waals surface area contributed by atoms with Crippen LogP contribution in [0.25, 0.3) is 5.69 Å². The molecule has 0 bridgehead atoms. The molecular formula is C17H12Cl4N4O. The van der Waals surface area contributed by atoms with Gasteiger partial charge in [-0.2, -0.15) is 5.10 Å². The molecule has 0 unspecified atom stereocenters. The van der Waals surface area contributed by atoms with Crippen LogP contribution in [-0.2, 0) is 6.42 Å². The van der Waals surface area contributed by atoms with Crippen molar-refractivity contribution in [2.45, 2.75) is 6.42 Å². The molecule has 3 aromatic rings. The summed E-state index contributed by atoms with van der Waals surface area (Å²) in [4.78, 5) is 16.1. The topological polar surface area (TPSA) is 59.8 Å². The summed E-state index contributed by atoms with van der Waals surface area (Å²) in [6.07, 6.45) is 4.24. The molecule has 0 atom stereocenters. The van der Waals surface area contributed by atoms with Crippen LogP contribution in [0.1, 0.15) is 16.1 Å². The highest BCUT2D eigenvalue weighted by atomic mass is 35.5. The van der Waals surface area contributed by atoms with E-state index in [0.717, 1.165) is 11.3 Å². The summed E-state index contributed by atoms with van der Waals surface area (Å²) in [7, 11) is 0. The Balaban J connectivity index is 1.62. The Labute approximate surface area is 169 Å². The first kappa shape index (κ1) is 19.0. The van der Waals surface area contributed by atoms with Crippen molar-refractivity contribution in [3.63, 3.8) is 0 Å². The standard InChI is InChI=1S/C17H12Cl4N4O/c18-12-13(19)15(24-16(21)14(12)20)17(26)22-7-6-10-8-23-25(9-10)11-4-2-1-3-5-11/h1-5,8-9H,6-7H2,(H,22,26). The van der Waals surface area contributed by atoms with Crippen molar-refractivity contribution in [1.29, 1.82) is 0 Å². The number of para-hydroxylation sites is 1. The number of nitrogens with one attached hydrogen (secondary N) is 1. The van der Waals surface area contributed by atoms with Gasteiger partial charge in [0.2, 0.25) is 0 Å². The van der Waals surface area contributed by atoms with E-state index in [4.69, 9.17) is 46.4 Å². The summed E-state index contributed by atoms with van der Waals surface area (Å²) in [5.74, 6) is -0.481. The minimum atomic E-state index is -0.481. The number of amides is 1. The summed E-state index contributed by atoms with van der Waals surface area (Å²) >= 11 is 23.7. The molecule has 5 nitrogen and oxygen atoms in total. The third-order valence-electron chi connectivity index (χ3n) is 3.56. The van der Waals surface area contributed by atoms with E-state index < -0.39 is 5.91 Å². The van der Waals surface area contributed by atoms with Gasteiger partial charge < -0.3 is 5.32 Å². The van der Waals surface area contributed by atoms with E-state index >= 15 is 0 Å². The van der Waals surface area contributed by atoms with Crippen LogP contribution in [0.2, 0.25) is 20.2 Å². The maximum absolute atomic E-state index is 12.3. The van der Waals surface area contributed by atoms with Gasteiger partial charge in [0.05, 0.1) is 27.0 Å². The number of carbonyl (C=O) groups is 1. The highest BCUT2D eigenvalue weighted by molar-refractivity contribution is 6.52. The van der Waals surface area contributed by atoms with Gasteiger partial charge in [0.1, 0.15) is 10.8 Å². The lowest BCUT2D eigenvalue weighted by atomic mass is 10.2. The number of hydrogen-bond acceptors (Lipinski definition) is 3. The molecule has 0 saturated carbocycles. The van der Waals surface area contributed by atoms with E-state index in [1.54, 1.807) is 10.9 Å². The molecule has 0 aliphatic heterocycles. The van der Waals surface area contributed by atoms with Gasteiger partial charge in [-0.05, 0) is 24.1 Å². The van der Waals surface area contributed by atoms with E-state index in [1.165, 1.54) is 0 Å². The molecule has 0 aliphatic rings. The SMILES string of the molecule is O=C(NCCc1cnn(-c2ccccc2)c1)c1nc(Cl)c(Cl)c(Cl)c1Cl. The number of aromatic nitrogens is 3. The first-order chi connectivity index (χ1) is 12.5. The van der Waals surface area contributed by atoms with E-state index in [2.05, 4.69) is 15.4 Å². The van der Waals surface area contributed by atoms with Crippen LogP contribution >= 0.6 is 46.4 Å². The van der Waals surface area contributed by atoms with Crippen molar-refractivity contribution in [3.05, 3.63) is 74.2 Å². The van der Waals surface area contributed by atoms with Gasteiger partial charge in [0, 0.05) is 12.7 Å². The molecule has 0 aliphatic carbocycles. The zero-order valence-corrected chi connectivity index (χ0v) is 16.2. The highest BCUT2D eigenvalue weighted by Crippen LogP contribution is 2.35. The van der Waals surface area contributed by atoms with Gasteiger partial charge in [-0.25, -0.2) is 9.67 Å².